The van der Waals surface area contributed by atoms with Crippen LogP contribution in [-0.4, -0.2) is 31.1 Å². The summed E-state index contributed by atoms with van der Waals surface area (Å²) in [6.45, 7) is 7.81. The number of nitrogens with two attached hydrogens (primary N) is 1. The molecule has 0 aliphatic rings. The van der Waals surface area contributed by atoms with E-state index in [-0.39, 0.29) is 0 Å². The molecule has 1 rings (SSSR count). The largest absolute Gasteiger partial charge is 0.489 e. The van der Waals surface area contributed by atoms with E-state index in [0.29, 0.717) is 23.1 Å². The molecule has 16 heavy (non-hydrogen) atoms. The van der Waals surface area contributed by atoms with Crippen LogP contribution in [0.4, 0.5) is 5.69 Å². The van der Waals surface area contributed by atoms with Gasteiger partial charge in [-0.1, -0.05) is 31.5 Å². The minimum Gasteiger partial charge on any atom is -0.489 e. The van der Waals surface area contributed by atoms with E-state index in [1.54, 1.807) is 12.1 Å². The number of para-hydroxylation sites is 1. The molecule has 0 spiro atoms. The summed E-state index contributed by atoms with van der Waals surface area (Å²) in [6.07, 6.45) is 0. The number of hydrogen-bond donors (Lipinski definition) is 1. The van der Waals surface area contributed by atoms with Crippen molar-refractivity contribution in [1.82, 2.24) is 4.90 Å². The highest BCUT2D eigenvalue weighted by Crippen LogP contribution is 2.30. The Morgan fingerprint density at radius 3 is 2.56 bits per heavy atom. The zero-order chi connectivity index (χ0) is 12.0. The summed E-state index contributed by atoms with van der Waals surface area (Å²) in [6, 6.07) is 5.39. The molecule has 2 N–H and O–H groups in total. The number of nitrogens with zero attached hydrogens (tertiary/aromatic N) is 1. The van der Waals surface area contributed by atoms with E-state index in [2.05, 4.69) is 18.7 Å². The van der Waals surface area contributed by atoms with Gasteiger partial charge in [0, 0.05) is 6.54 Å². The number of benzene rings is 1. The highest BCUT2D eigenvalue weighted by Gasteiger charge is 2.06. The molecule has 1 aromatic carbocycles. The second kappa shape index (κ2) is 6.61. The number of likely N-dealkylation sites (N-methyl/N-ethyl adjacent to an activating group) is 1. The number of anilines is 1. The molecule has 0 saturated carbocycles. The van der Waals surface area contributed by atoms with Crippen molar-refractivity contribution >= 4 is 17.3 Å². The normalized spacial score (nSPS) is 10.8. The van der Waals surface area contributed by atoms with E-state index < -0.39 is 0 Å². The Morgan fingerprint density at radius 2 is 2.00 bits per heavy atom. The van der Waals surface area contributed by atoms with E-state index in [1.807, 2.05) is 6.07 Å². The summed E-state index contributed by atoms with van der Waals surface area (Å²) in [5.41, 5.74) is 6.37. The number of hydrogen-bond acceptors (Lipinski definition) is 3. The van der Waals surface area contributed by atoms with Gasteiger partial charge >= 0.3 is 0 Å². The molecule has 0 bridgehead atoms. The molecular formula is C12H19ClN2O. The van der Waals surface area contributed by atoms with Crippen LogP contribution in [0.2, 0.25) is 5.02 Å². The number of halogens is 1. The molecule has 0 aliphatic carbocycles. The maximum Gasteiger partial charge on any atom is 0.160 e. The van der Waals surface area contributed by atoms with Crippen LogP contribution in [0.5, 0.6) is 5.75 Å². The third-order valence-corrected chi connectivity index (χ3v) is 2.84. The van der Waals surface area contributed by atoms with Crippen molar-refractivity contribution in [3.8, 4) is 5.75 Å². The van der Waals surface area contributed by atoms with Gasteiger partial charge in [-0.2, -0.15) is 0 Å². The van der Waals surface area contributed by atoms with Crippen molar-refractivity contribution in [3.05, 3.63) is 23.2 Å². The van der Waals surface area contributed by atoms with Crippen LogP contribution >= 0.6 is 11.6 Å². The number of nitrogen functional groups attached to an aromatic ring is 1. The summed E-state index contributed by atoms with van der Waals surface area (Å²) in [4.78, 5) is 2.28. The van der Waals surface area contributed by atoms with Gasteiger partial charge in [-0.05, 0) is 25.2 Å². The lowest BCUT2D eigenvalue weighted by atomic mass is 10.3. The first-order chi connectivity index (χ1) is 7.69. The molecule has 3 nitrogen and oxygen atoms in total. The van der Waals surface area contributed by atoms with Crippen molar-refractivity contribution in [3.63, 3.8) is 0 Å². The Morgan fingerprint density at radius 1 is 1.31 bits per heavy atom. The average molecular weight is 243 g/mol. The van der Waals surface area contributed by atoms with E-state index in [1.165, 1.54) is 0 Å². The topological polar surface area (TPSA) is 38.5 Å². The van der Waals surface area contributed by atoms with Crippen LogP contribution in [0.3, 0.4) is 0 Å². The minimum atomic E-state index is 0.569. The third kappa shape index (κ3) is 3.58. The maximum absolute atomic E-state index is 5.99. The molecule has 0 atom stereocenters. The maximum atomic E-state index is 5.99. The fraction of sp³-hybridized carbons (Fsp3) is 0.500. The second-order valence-corrected chi connectivity index (χ2v) is 3.94. The van der Waals surface area contributed by atoms with Gasteiger partial charge < -0.3 is 15.4 Å². The Balaban J connectivity index is 2.48. The van der Waals surface area contributed by atoms with Gasteiger partial charge in [0.25, 0.3) is 0 Å². The van der Waals surface area contributed by atoms with Gasteiger partial charge in [0.15, 0.2) is 5.75 Å². The molecule has 90 valence electrons. The molecule has 0 unspecified atom stereocenters. The third-order valence-electron chi connectivity index (χ3n) is 2.55. The Hall–Kier alpha value is -0.930. The van der Waals surface area contributed by atoms with Gasteiger partial charge in [0.1, 0.15) is 6.61 Å². The fourth-order valence-corrected chi connectivity index (χ4v) is 1.73. The van der Waals surface area contributed by atoms with Crippen LogP contribution in [0.1, 0.15) is 13.8 Å². The monoisotopic (exact) mass is 242 g/mol. The zero-order valence-corrected chi connectivity index (χ0v) is 10.6. The Bertz CT molecular complexity index is 307. The number of rotatable bonds is 6. The van der Waals surface area contributed by atoms with Gasteiger partial charge in [-0.15, -0.1) is 0 Å². The molecular weight excluding hydrogens is 224 g/mol. The summed E-state index contributed by atoms with van der Waals surface area (Å²) >= 11 is 5.99. The summed E-state index contributed by atoms with van der Waals surface area (Å²) in [5, 5.41) is 0.569. The zero-order valence-electron chi connectivity index (χ0n) is 9.87. The first kappa shape index (κ1) is 13.1. The van der Waals surface area contributed by atoms with E-state index in [4.69, 9.17) is 22.1 Å². The predicted octanol–water partition coefficient (Wildman–Crippen LogP) is 2.64. The lowest BCUT2D eigenvalue weighted by Gasteiger charge is -2.18. The average Bonchev–Trinajstić information content (AvgIpc) is 2.28. The van der Waals surface area contributed by atoms with E-state index >= 15 is 0 Å². The molecule has 0 aliphatic heterocycles. The first-order valence-corrected chi connectivity index (χ1v) is 5.96. The first-order valence-electron chi connectivity index (χ1n) is 5.58. The predicted molar refractivity (Wildman–Crippen MR) is 69.1 cm³/mol. The molecule has 4 heteroatoms. The van der Waals surface area contributed by atoms with Gasteiger partial charge in [0.2, 0.25) is 0 Å². The lowest BCUT2D eigenvalue weighted by molar-refractivity contribution is 0.223. The quantitative estimate of drug-likeness (QED) is 0.780. The van der Waals surface area contributed by atoms with Crippen LogP contribution in [-0.2, 0) is 0 Å². The second-order valence-electron chi connectivity index (χ2n) is 3.53. The van der Waals surface area contributed by atoms with Crippen molar-refractivity contribution < 1.29 is 4.74 Å². The van der Waals surface area contributed by atoms with Crippen molar-refractivity contribution in [2.75, 3.05) is 32.0 Å². The van der Waals surface area contributed by atoms with Crippen LogP contribution in [0.25, 0.3) is 0 Å². The van der Waals surface area contributed by atoms with Crippen LogP contribution in [0, 0.1) is 0 Å². The molecule has 0 saturated heterocycles. The van der Waals surface area contributed by atoms with Crippen LogP contribution in [0.15, 0.2) is 18.2 Å². The molecule has 0 radical (unpaired) electrons. The Labute approximate surface area is 102 Å². The number of ether oxygens (including phenoxy) is 1. The highest BCUT2D eigenvalue weighted by molar-refractivity contribution is 6.32. The Kier molecular flexibility index (Phi) is 5.43. The molecule has 1 aromatic rings. The van der Waals surface area contributed by atoms with Gasteiger partial charge in [-0.25, -0.2) is 0 Å². The molecule has 0 heterocycles. The molecule has 0 fully saturated rings. The standard InChI is InChI=1S/C12H19ClN2O/c1-3-15(4-2)8-9-16-12-10(13)6-5-7-11(12)14/h5-7H,3-4,8-9,14H2,1-2H3. The van der Waals surface area contributed by atoms with E-state index in [9.17, 15) is 0 Å². The fourth-order valence-electron chi connectivity index (χ4n) is 1.49. The van der Waals surface area contributed by atoms with E-state index in [0.717, 1.165) is 19.6 Å². The minimum absolute atomic E-state index is 0.569. The molecule has 0 aromatic heterocycles. The lowest BCUT2D eigenvalue weighted by Crippen LogP contribution is -2.28. The summed E-state index contributed by atoms with van der Waals surface area (Å²) < 4.78 is 5.60. The molecule has 0 amide bonds. The highest BCUT2D eigenvalue weighted by atomic mass is 35.5. The van der Waals surface area contributed by atoms with Gasteiger partial charge in [0.05, 0.1) is 10.7 Å². The SMILES string of the molecule is CCN(CC)CCOc1c(N)cccc1Cl. The summed E-state index contributed by atoms with van der Waals surface area (Å²) in [5.74, 6) is 0.594. The smallest absolute Gasteiger partial charge is 0.160 e. The van der Waals surface area contributed by atoms with Gasteiger partial charge in [-0.3, -0.25) is 0 Å². The van der Waals surface area contributed by atoms with Crippen molar-refractivity contribution in [2.45, 2.75) is 13.8 Å². The van der Waals surface area contributed by atoms with Crippen molar-refractivity contribution in [2.24, 2.45) is 0 Å². The van der Waals surface area contributed by atoms with Crippen molar-refractivity contribution in [1.29, 1.82) is 0 Å². The van der Waals surface area contributed by atoms with Crippen LogP contribution < -0.4 is 10.5 Å². The summed E-state index contributed by atoms with van der Waals surface area (Å²) in [7, 11) is 0.